The largest absolute Gasteiger partial charge is 0.574 e. The maximum atomic E-state index is 12.8. The van der Waals surface area contributed by atoms with Crippen LogP contribution in [0, 0.1) is 11.8 Å². The van der Waals surface area contributed by atoms with Gasteiger partial charge in [-0.2, -0.15) is 10.1 Å². The Bertz CT molecular complexity index is 842. The molecule has 1 aliphatic heterocycles. The topological polar surface area (TPSA) is 80.5 Å². The van der Waals surface area contributed by atoms with Gasteiger partial charge in [-0.1, -0.05) is 0 Å². The highest BCUT2D eigenvalue weighted by atomic mass is 19.4. The Hall–Kier alpha value is -2.78. The molecule has 26 heavy (non-hydrogen) atoms. The minimum absolute atomic E-state index is 0.0517. The van der Waals surface area contributed by atoms with E-state index >= 15 is 0 Å². The van der Waals surface area contributed by atoms with Crippen molar-refractivity contribution in [2.75, 3.05) is 18.0 Å². The lowest BCUT2D eigenvalue weighted by atomic mass is 10.2. The smallest absolute Gasteiger partial charge is 0.478 e. The highest BCUT2D eigenvalue weighted by Crippen LogP contribution is 2.46. The lowest BCUT2D eigenvalue weighted by Crippen LogP contribution is -2.24. The molecule has 2 unspecified atom stereocenters. The summed E-state index contributed by atoms with van der Waals surface area (Å²) in [5.74, 6) is -0.0251. The van der Waals surface area contributed by atoms with Crippen molar-refractivity contribution in [1.82, 2.24) is 14.8 Å². The fourth-order valence-electron chi connectivity index (χ4n) is 3.27. The average Bonchev–Trinajstić information content (AvgIpc) is 2.96. The second-order valence-electron chi connectivity index (χ2n) is 6.57. The van der Waals surface area contributed by atoms with Gasteiger partial charge in [0, 0.05) is 24.8 Å². The molecule has 2 fully saturated rings. The van der Waals surface area contributed by atoms with Crippen LogP contribution in [-0.2, 0) is 6.54 Å². The molecule has 7 nitrogen and oxygen atoms in total. The van der Waals surface area contributed by atoms with Crippen LogP contribution >= 0.6 is 0 Å². The molecular weight excluding hydrogens is 353 g/mol. The van der Waals surface area contributed by atoms with E-state index in [-0.39, 0.29) is 17.7 Å². The molecule has 0 radical (unpaired) electrons. The van der Waals surface area contributed by atoms with Gasteiger partial charge in [-0.15, -0.1) is 13.2 Å². The Balaban J connectivity index is 1.60. The van der Waals surface area contributed by atoms with Crippen LogP contribution in [0.4, 0.5) is 19.0 Å². The van der Waals surface area contributed by atoms with E-state index in [2.05, 4.69) is 14.8 Å². The monoisotopic (exact) mass is 368 g/mol. The lowest BCUT2D eigenvalue weighted by Gasteiger charge is -2.21. The molecule has 0 bridgehead atoms. The number of ether oxygens (including phenoxy) is 1. The number of halogens is 3. The van der Waals surface area contributed by atoms with Crippen LogP contribution in [0.5, 0.6) is 5.88 Å². The molecule has 1 N–H and O–H groups in total. The predicted molar refractivity (Wildman–Crippen MR) is 83.0 cm³/mol. The number of nitrogens with zero attached hydrogens (tertiary/aromatic N) is 4. The maximum absolute atomic E-state index is 12.8. The molecule has 1 saturated heterocycles. The van der Waals surface area contributed by atoms with Gasteiger partial charge in [-0.25, -0.2) is 4.79 Å². The average molecular weight is 368 g/mol. The zero-order valence-electron chi connectivity index (χ0n) is 13.5. The normalized spacial score (nSPS) is 21.6. The van der Waals surface area contributed by atoms with Crippen molar-refractivity contribution in [3.8, 4) is 5.88 Å². The number of rotatable bonds is 5. The van der Waals surface area contributed by atoms with E-state index in [1.165, 1.54) is 23.4 Å². The van der Waals surface area contributed by atoms with Gasteiger partial charge in [0.05, 0.1) is 18.3 Å². The van der Waals surface area contributed by atoms with Crippen LogP contribution < -0.4 is 9.64 Å². The third-order valence-electron chi connectivity index (χ3n) is 4.65. The number of hydrogen-bond acceptors (Lipinski definition) is 5. The number of fused-ring (bicyclic) bond motifs is 1. The van der Waals surface area contributed by atoms with E-state index in [0.29, 0.717) is 17.7 Å². The highest BCUT2D eigenvalue weighted by molar-refractivity contribution is 5.86. The number of anilines is 1. The van der Waals surface area contributed by atoms with Gasteiger partial charge < -0.3 is 14.7 Å². The van der Waals surface area contributed by atoms with Gasteiger partial charge in [0.25, 0.3) is 0 Å². The molecule has 2 aliphatic rings. The van der Waals surface area contributed by atoms with Crippen molar-refractivity contribution in [3.05, 3.63) is 35.7 Å². The Kier molecular flexibility index (Phi) is 3.78. The number of aromatic nitrogens is 3. The standard InChI is InChI=1S/C16H15F3N4O3/c17-16(18,19)26-14-9(7-23-8-12(4-20-23)15(24)25)1-2-13(21-14)22-5-10-3-11(10)6-22/h1-2,4,8,10-11H,3,5-7H2,(H,24,25). The first-order valence-corrected chi connectivity index (χ1v) is 8.05. The van der Waals surface area contributed by atoms with Crippen molar-refractivity contribution in [2.24, 2.45) is 11.8 Å². The van der Waals surface area contributed by atoms with Crippen molar-refractivity contribution >= 4 is 11.8 Å². The number of alkyl halides is 3. The summed E-state index contributed by atoms with van der Waals surface area (Å²) >= 11 is 0. The van der Waals surface area contributed by atoms with Crippen molar-refractivity contribution in [2.45, 2.75) is 19.3 Å². The van der Waals surface area contributed by atoms with Crippen LogP contribution in [0.15, 0.2) is 24.5 Å². The van der Waals surface area contributed by atoms with E-state index in [1.807, 2.05) is 4.90 Å². The van der Waals surface area contributed by atoms with E-state index in [0.717, 1.165) is 19.3 Å². The SMILES string of the molecule is O=C(O)c1cnn(Cc2ccc(N3CC4CC4C3)nc2OC(F)(F)F)c1. The zero-order chi connectivity index (χ0) is 18.5. The maximum Gasteiger partial charge on any atom is 0.574 e. The number of aromatic carboxylic acids is 1. The fraction of sp³-hybridized carbons (Fsp3) is 0.438. The van der Waals surface area contributed by atoms with E-state index in [4.69, 9.17) is 5.11 Å². The minimum Gasteiger partial charge on any atom is -0.478 e. The van der Waals surface area contributed by atoms with E-state index in [9.17, 15) is 18.0 Å². The second kappa shape index (κ2) is 5.89. The Labute approximate surface area is 146 Å². The van der Waals surface area contributed by atoms with Crippen LogP contribution in [0.1, 0.15) is 22.3 Å². The van der Waals surface area contributed by atoms with Crippen LogP contribution in [0.2, 0.25) is 0 Å². The molecule has 2 aromatic heterocycles. The first-order chi connectivity index (χ1) is 12.3. The number of piperidine rings is 1. The van der Waals surface area contributed by atoms with Crippen molar-refractivity contribution < 1.29 is 27.8 Å². The molecule has 2 aromatic rings. The molecule has 4 rings (SSSR count). The summed E-state index contributed by atoms with van der Waals surface area (Å²) in [7, 11) is 0. The van der Waals surface area contributed by atoms with Crippen LogP contribution in [0.3, 0.4) is 0 Å². The molecular formula is C16H15F3N4O3. The molecule has 2 atom stereocenters. The second-order valence-corrected chi connectivity index (χ2v) is 6.57. The Morgan fingerprint density at radius 1 is 1.31 bits per heavy atom. The Morgan fingerprint density at radius 3 is 2.65 bits per heavy atom. The molecule has 0 aromatic carbocycles. The zero-order valence-corrected chi connectivity index (χ0v) is 13.5. The van der Waals surface area contributed by atoms with Crippen LogP contribution in [0.25, 0.3) is 0 Å². The Morgan fingerprint density at radius 2 is 2.04 bits per heavy atom. The molecule has 10 heteroatoms. The fourth-order valence-corrected chi connectivity index (χ4v) is 3.27. The lowest BCUT2D eigenvalue weighted by molar-refractivity contribution is -0.276. The van der Waals surface area contributed by atoms with Crippen LogP contribution in [-0.4, -0.2) is 45.3 Å². The molecule has 138 valence electrons. The third kappa shape index (κ3) is 3.44. The number of carboxylic acid groups (broad SMARTS) is 1. The number of carbonyl (C=O) groups is 1. The summed E-state index contributed by atoms with van der Waals surface area (Å²) in [6, 6.07) is 3.17. The summed E-state index contributed by atoms with van der Waals surface area (Å²) in [5.41, 5.74) is 0.111. The van der Waals surface area contributed by atoms with Gasteiger partial charge in [-0.3, -0.25) is 4.68 Å². The third-order valence-corrected chi connectivity index (χ3v) is 4.65. The van der Waals surface area contributed by atoms with Crippen molar-refractivity contribution in [1.29, 1.82) is 0 Å². The summed E-state index contributed by atoms with van der Waals surface area (Å²) in [6.07, 6.45) is -1.33. The van der Waals surface area contributed by atoms with E-state index in [1.54, 1.807) is 6.07 Å². The highest BCUT2D eigenvalue weighted by Gasteiger charge is 2.45. The summed E-state index contributed by atoms with van der Waals surface area (Å²) < 4.78 is 43.6. The van der Waals surface area contributed by atoms with Gasteiger partial charge in [0.15, 0.2) is 0 Å². The minimum atomic E-state index is -4.87. The first kappa shape index (κ1) is 16.7. The molecule has 3 heterocycles. The predicted octanol–water partition coefficient (Wildman–Crippen LogP) is 2.38. The number of pyridine rings is 1. The quantitative estimate of drug-likeness (QED) is 0.873. The van der Waals surface area contributed by atoms with E-state index < -0.39 is 18.2 Å². The first-order valence-electron chi connectivity index (χ1n) is 8.05. The van der Waals surface area contributed by atoms with Gasteiger partial charge in [-0.05, 0) is 30.4 Å². The molecule has 1 saturated carbocycles. The van der Waals surface area contributed by atoms with Crippen molar-refractivity contribution in [3.63, 3.8) is 0 Å². The van der Waals surface area contributed by atoms with Gasteiger partial charge >= 0.3 is 12.3 Å². The summed E-state index contributed by atoms with van der Waals surface area (Å²) in [4.78, 5) is 16.9. The number of carboxylic acids is 1. The molecule has 1 aliphatic carbocycles. The van der Waals surface area contributed by atoms with Gasteiger partial charge in [0.1, 0.15) is 5.82 Å². The van der Waals surface area contributed by atoms with Gasteiger partial charge in [0.2, 0.25) is 5.88 Å². The number of hydrogen-bond donors (Lipinski definition) is 1. The molecule has 0 spiro atoms. The molecule has 0 amide bonds. The summed E-state index contributed by atoms with van der Waals surface area (Å²) in [6.45, 7) is 1.50. The summed E-state index contributed by atoms with van der Waals surface area (Å²) in [5, 5.41) is 12.8.